The van der Waals surface area contributed by atoms with Gasteiger partial charge in [0.1, 0.15) is 6.17 Å². The first kappa shape index (κ1) is 8.64. The SMILES string of the molecule is CNC(C=O)N1CCNCC1. The minimum Gasteiger partial charge on any atom is -0.314 e. The third-order valence-corrected chi connectivity index (χ3v) is 1.97. The number of carbonyl (C=O) groups excluding carboxylic acids is 1. The molecule has 1 fully saturated rings. The van der Waals surface area contributed by atoms with E-state index >= 15 is 0 Å². The van der Waals surface area contributed by atoms with Gasteiger partial charge in [-0.15, -0.1) is 0 Å². The smallest absolute Gasteiger partial charge is 0.151 e. The van der Waals surface area contributed by atoms with Crippen LogP contribution >= 0.6 is 0 Å². The van der Waals surface area contributed by atoms with Crippen molar-refractivity contribution in [1.29, 1.82) is 0 Å². The van der Waals surface area contributed by atoms with Crippen LogP contribution in [0.25, 0.3) is 0 Å². The Morgan fingerprint density at radius 3 is 2.64 bits per heavy atom. The molecule has 1 atom stereocenters. The molecule has 1 saturated heterocycles. The van der Waals surface area contributed by atoms with Gasteiger partial charge in [0, 0.05) is 26.2 Å². The summed E-state index contributed by atoms with van der Waals surface area (Å²) in [6, 6.07) is 0. The summed E-state index contributed by atoms with van der Waals surface area (Å²) in [5, 5.41) is 6.18. The van der Waals surface area contributed by atoms with Crippen LogP contribution in [0.2, 0.25) is 0 Å². The summed E-state index contributed by atoms with van der Waals surface area (Å²) in [6.45, 7) is 3.85. The molecule has 0 amide bonds. The summed E-state index contributed by atoms with van der Waals surface area (Å²) in [6.07, 6.45) is 0.850. The highest BCUT2D eigenvalue weighted by Gasteiger charge is 2.17. The molecule has 0 aliphatic carbocycles. The number of hydrogen-bond donors (Lipinski definition) is 2. The van der Waals surface area contributed by atoms with Gasteiger partial charge in [0.05, 0.1) is 0 Å². The lowest BCUT2D eigenvalue weighted by Gasteiger charge is -2.31. The molecule has 11 heavy (non-hydrogen) atoms. The molecule has 0 spiro atoms. The molecule has 0 aromatic rings. The van der Waals surface area contributed by atoms with E-state index in [1.807, 2.05) is 0 Å². The van der Waals surface area contributed by atoms with E-state index in [2.05, 4.69) is 15.5 Å². The zero-order valence-electron chi connectivity index (χ0n) is 6.84. The molecule has 1 rings (SSSR count). The van der Waals surface area contributed by atoms with Crippen LogP contribution in [-0.4, -0.2) is 50.6 Å². The van der Waals surface area contributed by atoms with Gasteiger partial charge in [-0.25, -0.2) is 0 Å². The summed E-state index contributed by atoms with van der Waals surface area (Å²) in [5.41, 5.74) is 0. The molecular formula is C7H15N3O. The van der Waals surface area contributed by atoms with Crippen LogP contribution in [0.4, 0.5) is 0 Å². The highest BCUT2D eigenvalue weighted by Crippen LogP contribution is 1.94. The van der Waals surface area contributed by atoms with Crippen molar-refractivity contribution >= 4 is 6.29 Å². The van der Waals surface area contributed by atoms with Gasteiger partial charge in [-0.3, -0.25) is 10.2 Å². The van der Waals surface area contributed by atoms with Crippen molar-refractivity contribution in [1.82, 2.24) is 15.5 Å². The van der Waals surface area contributed by atoms with Crippen molar-refractivity contribution in [3.8, 4) is 0 Å². The molecule has 0 aromatic heterocycles. The second-order valence-electron chi connectivity index (χ2n) is 2.66. The lowest BCUT2D eigenvalue weighted by Crippen LogP contribution is -2.53. The van der Waals surface area contributed by atoms with E-state index in [-0.39, 0.29) is 6.17 Å². The van der Waals surface area contributed by atoms with E-state index in [0.29, 0.717) is 0 Å². The minimum absolute atomic E-state index is 0.0999. The summed E-state index contributed by atoms with van der Waals surface area (Å²) >= 11 is 0. The molecule has 2 N–H and O–H groups in total. The Kier molecular flexibility index (Phi) is 3.48. The number of carbonyl (C=O) groups is 1. The normalized spacial score (nSPS) is 23.0. The van der Waals surface area contributed by atoms with Gasteiger partial charge in [-0.05, 0) is 7.05 Å². The Morgan fingerprint density at radius 1 is 1.55 bits per heavy atom. The Hall–Kier alpha value is -0.450. The maximum absolute atomic E-state index is 10.5. The van der Waals surface area contributed by atoms with E-state index < -0.39 is 0 Å². The van der Waals surface area contributed by atoms with Crippen LogP contribution in [-0.2, 0) is 4.79 Å². The number of hydrogen-bond acceptors (Lipinski definition) is 4. The molecule has 0 aromatic carbocycles. The Balaban J connectivity index is 2.35. The molecule has 4 heteroatoms. The van der Waals surface area contributed by atoms with Gasteiger partial charge >= 0.3 is 0 Å². The van der Waals surface area contributed by atoms with Gasteiger partial charge in [0.25, 0.3) is 0 Å². The molecule has 0 radical (unpaired) electrons. The number of piperazine rings is 1. The summed E-state index contributed by atoms with van der Waals surface area (Å²) in [5.74, 6) is 0. The number of aldehydes is 1. The summed E-state index contributed by atoms with van der Waals surface area (Å²) in [4.78, 5) is 12.6. The van der Waals surface area contributed by atoms with E-state index in [1.54, 1.807) is 7.05 Å². The average Bonchev–Trinajstić information content (AvgIpc) is 2.09. The monoisotopic (exact) mass is 157 g/mol. The molecule has 1 aliphatic rings. The number of rotatable bonds is 3. The Morgan fingerprint density at radius 2 is 2.18 bits per heavy atom. The maximum atomic E-state index is 10.5. The van der Waals surface area contributed by atoms with Gasteiger partial charge in [0.15, 0.2) is 6.29 Å². The predicted molar refractivity (Wildman–Crippen MR) is 43.4 cm³/mol. The zero-order valence-corrected chi connectivity index (χ0v) is 6.84. The third kappa shape index (κ3) is 2.25. The number of nitrogens with one attached hydrogen (secondary N) is 2. The standard InChI is InChI=1S/C7H15N3O/c1-8-7(6-11)10-4-2-9-3-5-10/h6-9H,2-5H2,1H3. The molecule has 64 valence electrons. The predicted octanol–water partition coefficient (Wildman–Crippen LogP) is -1.36. The van der Waals surface area contributed by atoms with Crippen LogP contribution in [0.3, 0.4) is 0 Å². The van der Waals surface area contributed by atoms with Crippen molar-refractivity contribution in [2.45, 2.75) is 6.17 Å². The molecule has 1 unspecified atom stereocenters. The van der Waals surface area contributed by atoms with E-state index in [9.17, 15) is 4.79 Å². The van der Waals surface area contributed by atoms with Crippen LogP contribution in [0, 0.1) is 0 Å². The number of nitrogens with zero attached hydrogens (tertiary/aromatic N) is 1. The third-order valence-electron chi connectivity index (χ3n) is 1.97. The molecule has 0 bridgehead atoms. The van der Waals surface area contributed by atoms with E-state index in [0.717, 1.165) is 32.5 Å². The van der Waals surface area contributed by atoms with Gasteiger partial charge in [-0.1, -0.05) is 0 Å². The van der Waals surface area contributed by atoms with Crippen LogP contribution in [0.5, 0.6) is 0 Å². The first-order valence-corrected chi connectivity index (χ1v) is 3.96. The molecule has 1 aliphatic heterocycles. The first-order valence-electron chi connectivity index (χ1n) is 3.96. The zero-order chi connectivity index (χ0) is 8.10. The van der Waals surface area contributed by atoms with Crippen molar-refractivity contribution in [2.75, 3.05) is 33.2 Å². The quantitative estimate of drug-likeness (QED) is 0.496. The lowest BCUT2D eigenvalue weighted by molar-refractivity contribution is -0.113. The Labute approximate surface area is 66.9 Å². The number of likely N-dealkylation sites (N-methyl/N-ethyl adjacent to an activating group) is 1. The molecule has 1 heterocycles. The summed E-state index contributed by atoms with van der Waals surface area (Å²) in [7, 11) is 1.81. The van der Waals surface area contributed by atoms with E-state index in [1.165, 1.54) is 0 Å². The molecule has 0 saturated carbocycles. The highest BCUT2D eigenvalue weighted by atomic mass is 16.1. The fraction of sp³-hybridized carbons (Fsp3) is 0.857. The van der Waals surface area contributed by atoms with Crippen molar-refractivity contribution < 1.29 is 4.79 Å². The maximum Gasteiger partial charge on any atom is 0.151 e. The lowest BCUT2D eigenvalue weighted by atomic mass is 10.3. The second kappa shape index (κ2) is 4.43. The average molecular weight is 157 g/mol. The fourth-order valence-corrected chi connectivity index (χ4v) is 1.30. The van der Waals surface area contributed by atoms with Crippen molar-refractivity contribution in [2.24, 2.45) is 0 Å². The fourth-order valence-electron chi connectivity index (χ4n) is 1.30. The summed E-state index contributed by atoms with van der Waals surface area (Å²) < 4.78 is 0. The van der Waals surface area contributed by atoms with E-state index in [4.69, 9.17) is 0 Å². The van der Waals surface area contributed by atoms with Crippen LogP contribution in [0.15, 0.2) is 0 Å². The van der Waals surface area contributed by atoms with Crippen molar-refractivity contribution in [3.63, 3.8) is 0 Å². The minimum atomic E-state index is -0.0999. The Bertz CT molecular complexity index is 123. The van der Waals surface area contributed by atoms with Crippen LogP contribution in [0.1, 0.15) is 0 Å². The van der Waals surface area contributed by atoms with Crippen molar-refractivity contribution in [3.05, 3.63) is 0 Å². The molecular weight excluding hydrogens is 142 g/mol. The largest absolute Gasteiger partial charge is 0.314 e. The first-order chi connectivity index (χ1) is 5.38. The topological polar surface area (TPSA) is 44.4 Å². The van der Waals surface area contributed by atoms with Gasteiger partial charge < -0.3 is 10.1 Å². The second-order valence-corrected chi connectivity index (χ2v) is 2.66. The van der Waals surface area contributed by atoms with Crippen LogP contribution < -0.4 is 10.6 Å². The van der Waals surface area contributed by atoms with Gasteiger partial charge in [-0.2, -0.15) is 0 Å². The molecule has 4 nitrogen and oxygen atoms in total. The highest BCUT2D eigenvalue weighted by molar-refractivity contribution is 5.56. The van der Waals surface area contributed by atoms with Gasteiger partial charge in [0.2, 0.25) is 0 Å².